The van der Waals surface area contributed by atoms with E-state index < -0.39 is 5.56 Å². The van der Waals surface area contributed by atoms with Crippen molar-refractivity contribution in [1.82, 2.24) is 14.5 Å². The van der Waals surface area contributed by atoms with Gasteiger partial charge in [0.15, 0.2) is 0 Å². The van der Waals surface area contributed by atoms with E-state index in [1.54, 1.807) is 16.8 Å². The normalized spacial score (nSPS) is 14.5. The summed E-state index contributed by atoms with van der Waals surface area (Å²) in [4.78, 5) is 29.6. The van der Waals surface area contributed by atoms with Crippen molar-refractivity contribution in [2.24, 2.45) is 0 Å². The van der Waals surface area contributed by atoms with Gasteiger partial charge in [-0.05, 0) is 49.2 Å². The molecular formula is C21H20N4O2. The molecule has 0 radical (unpaired) electrons. The standard InChI is InChI=1S/C21H20N4O2/c22-12-17-11-18-19(23-20(17)26)6-9-25(21(18)27)14-16-5-3-4-15(10-16)13-24-7-1-2-8-24/h3-6,9-11H,1-2,7-8,13-14H2,(H,23,26). The Kier molecular flexibility index (Phi) is 4.61. The topological polar surface area (TPSA) is 81.9 Å². The van der Waals surface area contributed by atoms with Crippen molar-refractivity contribution in [1.29, 1.82) is 5.26 Å². The fourth-order valence-corrected chi connectivity index (χ4v) is 3.67. The number of hydrogen-bond acceptors (Lipinski definition) is 4. The van der Waals surface area contributed by atoms with Gasteiger partial charge in [0, 0.05) is 12.7 Å². The molecule has 27 heavy (non-hydrogen) atoms. The molecule has 1 aliphatic heterocycles. The number of fused-ring (bicyclic) bond motifs is 1. The largest absolute Gasteiger partial charge is 0.321 e. The molecule has 0 bridgehead atoms. The maximum absolute atomic E-state index is 12.8. The Morgan fingerprint density at radius 3 is 2.52 bits per heavy atom. The van der Waals surface area contributed by atoms with Crippen LogP contribution in [0.1, 0.15) is 29.5 Å². The van der Waals surface area contributed by atoms with Crippen molar-refractivity contribution in [3.8, 4) is 6.07 Å². The minimum atomic E-state index is -0.475. The molecule has 3 heterocycles. The first-order valence-corrected chi connectivity index (χ1v) is 9.11. The van der Waals surface area contributed by atoms with E-state index in [1.807, 2.05) is 18.2 Å². The summed E-state index contributed by atoms with van der Waals surface area (Å²) < 4.78 is 1.61. The summed E-state index contributed by atoms with van der Waals surface area (Å²) in [7, 11) is 0. The van der Waals surface area contributed by atoms with E-state index in [1.165, 1.54) is 24.5 Å². The SMILES string of the molecule is N#Cc1cc2c(=O)n(Cc3cccc(CN4CCCC4)c3)ccc2[nH]c1=O. The van der Waals surface area contributed by atoms with Gasteiger partial charge in [-0.25, -0.2) is 0 Å². The van der Waals surface area contributed by atoms with Crippen molar-refractivity contribution in [2.45, 2.75) is 25.9 Å². The molecule has 2 aromatic heterocycles. The van der Waals surface area contributed by atoms with Gasteiger partial charge in [-0.2, -0.15) is 5.26 Å². The Bertz CT molecular complexity index is 1150. The molecule has 136 valence electrons. The molecule has 0 amide bonds. The molecule has 1 aliphatic rings. The van der Waals surface area contributed by atoms with Gasteiger partial charge in [0.25, 0.3) is 11.1 Å². The van der Waals surface area contributed by atoms with E-state index in [0.29, 0.717) is 17.4 Å². The Morgan fingerprint density at radius 1 is 1.04 bits per heavy atom. The molecule has 1 N–H and O–H groups in total. The highest BCUT2D eigenvalue weighted by atomic mass is 16.1. The van der Waals surface area contributed by atoms with E-state index in [0.717, 1.165) is 25.2 Å². The molecule has 0 spiro atoms. The van der Waals surface area contributed by atoms with Crippen LogP contribution in [0.4, 0.5) is 0 Å². The highest BCUT2D eigenvalue weighted by Crippen LogP contribution is 2.14. The molecule has 4 rings (SSSR count). The summed E-state index contributed by atoms with van der Waals surface area (Å²) in [6, 6.07) is 13.2. The number of likely N-dealkylation sites (tertiary alicyclic amines) is 1. The fourth-order valence-electron chi connectivity index (χ4n) is 3.67. The van der Waals surface area contributed by atoms with Gasteiger partial charge in [0.2, 0.25) is 0 Å². The maximum atomic E-state index is 12.8. The molecular weight excluding hydrogens is 340 g/mol. The molecule has 1 saturated heterocycles. The van der Waals surface area contributed by atoms with E-state index >= 15 is 0 Å². The zero-order chi connectivity index (χ0) is 18.8. The summed E-state index contributed by atoms with van der Waals surface area (Å²) in [5.74, 6) is 0. The molecule has 0 saturated carbocycles. The van der Waals surface area contributed by atoms with E-state index in [4.69, 9.17) is 5.26 Å². The lowest BCUT2D eigenvalue weighted by molar-refractivity contribution is 0.331. The van der Waals surface area contributed by atoms with E-state index in [-0.39, 0.29) is 11.1 Å². The molecule has 0 unspecified atom stereocenters. The van der Waals surface area contributed by atoms with Crippen LogP contribution in [-0.4, -0.2) is 27.5 Å². The van der Waals surface area contributed by atoms with Crippen LogP contribution in [0.25, 0.3) is 10.9 Å². The highest BCUT2D eigenvalue weighted by Gasteiger charge is 2.12. The third kappa shape index (κ3) is 3.55. The number of nitrogens with zero attached hydrogens (tertiary/aromatic N) is 3. The van der Waals surface area contributed by atoms with Crippen LogP contribution in [-0.2, 0) is 13.1 Å². The van der Waals surface area contributed by atoms with E-state index in [2.05, 4.69) is 22.0 Å². The summed E-state index contributed by atoms with van der Waals surface area (Å²) in [6.45, 7) is 3.68. The van der Waals surface area contributed by atoms with Crippen molar-refractivity contribution < 1.29 is 0 Å². The summed E-state index contributed by atoms with van der Waals surface area (Å²) >= 11 is 0. The molecule has 6 heteroatoms. The smallest absolute Gasteiger partial charge is 0.266 e. The molecule has 6 nitrogen and oxygen atoms in total. The Labute approximate surface area is 156 Å². The van der Waals surface area contributed by atoms with Gasteiger partial charge in [-0.1, -0.05) is 24.3 Å². The fraction of sp³-hybridized carbons (Fsp3) is 0.286. The Morgan fingerprint density at radius 2 is 1.78 bits per heavy atom. The number of nitrogens with one attached hydrogen (secondary N) is 1. The first-order valence-electron chi connectivity index (χ1n) is 9.11. The van der Waals surface area contributed by atoms with Gasteiger partial charge in [-0.15, -0.1) is 0 Å². The van der Waals surface area contributed by atoms with Gasteiger partial charge >= 0.3 is 0 Å². The number of pyridine rings is 2. The van der Waals surface area contributed by atoms with Crippen LogP contribution >= 0.6 is 0 Å². The van der Waals surface area contributed by atoms with Gasteiger partial charge in [-0.3, -0.25) is 14.5 Å². The summed E-state index contributed by atoms with van der Waals surface area (Å²) in [5.41, 5.74) is 2.01. The lowest BCUT2D eigenvalue weighted by atomic mass is 10.1. The van der Waals surface area contributed by atoms with Crippen molar-refractivity contribution >= 4 is 10.9 Å². The van der Waals surface area contributed by atoms with Crippen LogP contribution < -0.4 is 11.1 Å². The second-order valence-corrected chi connectivity index (χ2v) is 7.00. The number of H-pyrrole nitrogens is 1. The average Bonchev–Trinajstić information content (AvgIpc) is 3.17. The molecule has 3 aromatic rings. The second kappa shape index (κ2) is 7.22. The molecule has 0 atom stereocenters. The lowest BCUT2D eigenvalue weighted by Crippen LogP contribution is -2.22. The van der Waals surface area contributed by atoms with Gasteiger partial charge in [0.1, 0.15) is 11.6 Å². The number of hydrogen-bond donors (Lipinski definition) is 1. The third-order valence-electron chi connectivity index (χ3n) is 5.05. The first kappa shape index (κ1) is 17.3. The Hall–Kier alpha value is -3.17. The molecule has 0 aliphatic carbocycles. The predicted octanol–water partition coefficient (Wildman–Crippen LogP) is 2.21. The average molecular weight is 360 g/mol. The minimum Gasteiger partial charge on any atom is -0.321 e. The van der Waals surface area contributed by atoms with E-state index in [9.17, 15) is 9.59 Å². The monoisotopic (exact) mass is 360 g/mol. The zero-order valence-corrected chi connectivity index (χ0v) is 14.9. The van der Waals surface area contributed by atoms with Gasteiger partial charge in [0.05, 0.1) is 17.4 Å². The molecule has 1 aromatic carbocycles. The number of aromatic amines is 1. The van der Waals surface area contributed by atoms with Crippen molar-refractivity contribution in [2.75, 3.05) is 13.1 Å². The van der Waals surface area contributed by atoms with Gasteiger partial charge < -0.3 is 9.55 Å². The van der Waals surface area contributed by atoms with Crippen LogP contribution in [0.5, 0.6) is 0 Å². The first-order chi connectivity index (χ1) is 13.1. The summed E-state index contributed by atoms with van der Waals surface area (Å²) in [5, 5.41) is 9.39. The zero-order valence-electron chi connectivity index (χ0n) is 14.9. The Balaban J connectivity index is 1.64. The third-order valence-corrected chi connectivity index (χ3v) is 5.05. The lowest BCUT2D eigenvalue weighted by Gasteiger charge is -2.15. The maximum Gasteiger partial charge on any atom is 0.266 e. The number of benzene rings is 1. The van der Waals surface area contributed by atoms with Crippen LogP contribution in [0.3, 0.4) is 0 Å². The number of aromatic nitrogens is 2. The second-order valence-electron chi connectivity index (χ2n) is 7.00. The van der Waals surface area contributed by atoms with Crippen LogP contribution in [0, 0.1) is 11.3 Å². The van der Waals surface area contributed by atoms with Crippen molar-refractivity contribution in [3.63, 3.8) is 0 Å². The summed E-state index contributed by atoms with van der Waals surface area (Å²) in [6.07, 6.45) is 4.21. The minimum absolute atomic E-state index is 0.0510. The van der Waals surface area contributed by atoms with Crippen LogP contribution in [0.2, 0.25) is 0 Å². The van der Waals surface area contributed by atoms with Crippen molar-refractivity contribution in [3.05, 3.63) is 80.0 Å². The predicted molar refractivity (Wildman–Crippen MR) is 104 cm³/mol. The molecule has 1 fully saturated rings. The number of nitriles is 1. The quantitative estimate of drug-likeness (QED) is 0.773. The van der Waals surface area contributed by atoms with Crippen LogP contribution in [0.15, 0.2) is 52.2 Å². The highest BCUT2D eigenvalue weighted by molar-refractivity contribution is 5.78. The number of rotatable bonds is 4.